The molecule has 0 saturated carbocycles. The Labute approximate surface area is 140 Å². The third-order valence-electron chi connectivity index (χ3n) is 2.69. The van der Waals surface area contributed by atoms with Gasteiger partial charge in [-0.25, -0.2) is 0 Å². The molecule has 1 aliphatic rings. The van der Waals surface area contributed by atoms with Crippen molar-refractivity contribution in [1.29, 1.82) is 5.26 Å². The van der Waals surface area contributed by atoms with Gasteiger partial charge in [-0.1, -0.05) is 23.4 Å². The molecule has 10 heteroatoms. The molecule has 1 aromatic rings. The van der Waals surface area contributed by atoms with Crippen LogP contribution in [0.1, 0.15) is 0 Å². The Hall–Kier alpha value is -2.57. The van der Waals surface area contributed by atoms with E-state index in [-0.39, 0.29) is 22.0 Å². The van der Waals surface area contributed by atoms with Crippen LogP contribution in [0.5, 0.6) is 0 Å². The van der Waals surface area contributed by atoms with Crippen LogP contribution < -0.4 is 10.6 Å². The molecule has 0 spiro atoms. The number of nitriles is 1. The smallest absolute Gasteiger partial charge is 0.289 e. The van der Waals surface area contributed by atoms with Crippen LogP contribution in [0.25, 0.3) is 0 Å². The second-order valence-electron chi connectivity index (χ2n) is 4.23. The highest BCUT2D eigenvalue weighted by Gasteiger charge is 2.16. The van der Waals surface area contributed by atoms with Crippen molar-refractivity contribution in [3.63, 3.8) is 0 Å². The summed E-state index contributed by atoms with van der Waals surface area (Å²) in [5.41, 5.74) is -0.348. The maximum Gasteiger partial charge on any atom is 0.289 e. The van der Waals surface area contributed by atoms with E-state index in [1.54, 1.807) is 6.07 Å². The molecule has 0 unspecified atom stereocenters. The number of aliphatic imine (C=N–C) groups is 1. The minimum absolute atomic E-state index is 0.0398. The third-order valence-corrected chi connectivity index (χ3v) is 3.92. The second-order valence-corrected chi connectivity index (χ2v) is 5.72. The molecule has 1 aliphatic heterocycles. The van der Waals surface area contributed by atoms with Gasteiger partial charge < -0.3 is 10.6 Å². The average Bonchev–Trinajstić information content (AvgIpc) is 3.03. The lowest BCUT2D eigenvalue weighted by atomic mass is 10.2. The Kier molecular flexibility index (Phi) is 5.56. The van der Waals surface area contributed by atoms with E-state index in [9.17, 15) is 14.9 Å². The summed E-state index contributed by atoms with van der Waals surface area (Å²) in [5.74, 6) is 0.152. The number of nitrogens with one attached hydrogen (secondary N) is 2. The zero-order valence-corrected chi connectivity index (χ0v) is 13.1. The molecule has 23 heavy (non-hydrogen) atoms. The summed E-state index contributed by atoms with van der Waals surface area (Å²) in [6, 6.07) is 5.59. The van der Waals surface area contributed by atoms with Crippen molar-refractivity contribution in [3.8, 4) is 6.07 Å². The molecule has 0 atom stereocenters. The van der Waals surface area contributed by atoms with Gasteiger partial charge in [0.25, 0.3) is 11.6 Å². The van der Waals surface area contributed by atoms with Crippen LogP contribution in [-0.4, -0.2) is 28.3 Å². The van der Waals surface area contributed by atoms with Gasteiger partial charge in [0.1, 0.15) is 16.7 Å². The van der Waals surface area contributed by atoms with Crippen LogP contribution in [-0.2, 0) is 4.79 Å². The normalized spacial score (nSPS) is 13.9. The Bertz CT molecular complexity index is 756. The van der Waals surface area contributed by atoms with Gasteiger partial charge in [-0.05, 0) is 12.1 Å². The molecule has 0 bridgehead atoms. The van der Waals surface area contributed by atoms with Gasteiger partial charge in [-0.15, -0.1) is 0 Å². The number of rotatable bonds is 4. The molecular formula is C13H10ClN5O3S. The van der Waals surface area contributed by atoms with Gasteiger partial charge in [0.05, 0.1) is 11.5 Å². The fourth-order valence-corrected chi connectivity index (χ4v) is 2.52. The highest BCUT2D eigenvalue weighted by atomic mass is 35.5. The van der Waals surface area contributed by atoms with E-state index in [4.69, 9.17) is 16.9 Å². The number of carbonyl (C=O) groups excluding carboxylic acids is 1. The van der Waals surface area contributed by atoms with Crippen LogP contribution in [0.3, 0.4) is 0 Å². The Morgan fingerprint density at radius 2 is 2.35 bits per heavy atom. The summed E-state index contributed by atoms with van der Waals surface area (Å²) in [5, 5.41) is 25.6. The minimum Gasteiger partial charge on any atom is -0.340 e. The van der Waals surface area contributed by atoms with Gasteiger partial charge in [-0.2, -0.15) is 5.26 Å². The van der Waals surface area contributed by atoms with E-state index in [1.165, 1.54) is 30.1 Å². The molecule has 0 aromatic heterocycles. The molecule has 8 nitrogen and oxygen atoms in total. The van der Waals surface area contributed by atoms with Crippen LogP contribution >= 0.6 is 23.4 Å². The summed E-state index contributed by atoms with van der Waals surface area (Å²) >= 11 is 7.18. The predicted molar refractivity (Wildman–Crippen MR) is 88.3 cm³/mol. The number of amidine groups is 1. The highest BCUT2D eigenvalue weighted by Crippen LogP contribution is 2.27. The first kappa shape index (κ1) is 16.8. The summed E-state index contributed by atoms with van der Waals surface area (Å²) in [6.45, 7) is 0.684. The van der Waals surface area contributed by atoms with Gasteiger partial charge in [0.2, 0.25) is 0 Å². The van der Waals surface area contributed by atoms with E-state index in [2.05, 4.69) is 15.6 Å². The number of nitro groups is 1. The Balaban J connectivity index is 2.10. The summed E-state index contributed by atoms with van der Waals surface area (Å²) in [7, 11) is 0. The van der Waals surface area contributed by atoms with Gasteiger partial charge in [0, 0.05) is 23.7 Å². The fraction of sp³-hybridized carbons (Fsp3) is 0.154. The van der Waals surface area contributed by atoms with E-state index in [1.807, 2.05) is 0 Å². The fourth-order valence-electron chi connectivity index (χ4n) is 1.63. The highest BCUT2D eigenvalue weighted by molar-refractivity contribution is 8.14. The van der Waals surface area contributed by atoms with Crippen molar-refractivity contribution in [2.24, 2.45) is 4.99 Å². The molecule has 0 saturated heterocycles. The first-order chi connectivity index (χ1) is 11.0. The maximum atomic E-state index is 12.0. The SMILES string of the molecule is N#C/C(=C/NC1=NCCS1)C(=O)Nc1ccc(Cl)c([N+](=O)[O-])c1. The number of nitro benzene ring substituents is 1. The molecule has 2 rings (SSSR count). The van der Waals surface area contributed by atoms with Crippen molar-refractivity contribution < 1.29 is 9.72 Å². The molecule has 0 fully saturated rings. The van der Waals surface area contributed by atoms with Crippen molar-refractivity contribution in [2.45, 2.75) is 0 Å². The number of carbonyl (C=O) groups is 1. The Morgan fingerprint density at radius 1 is 1.57 bits per heavy atom. The van der Waals surface area contributed by atoms with E-state index >= 15 is 0 Å². The van der Waals surface area contributed by atoms with Crippen LogP contribution in [0.2, 0.25) is 5.02 Å². The lowest BCUT2D eigenvalue weighted by molar-refractivity contribution is -0.384. The number of thioether (sulfide) groups is 1. The minimum atomic E-state index is -0.694. The van der Waals surface area contributed by atoms with Crippen LogP contribution in [0.4, 0.5) is 11.4 Å². The van der Waals surface area contributed by atoms with Crippen molar-refractivity contribution in [2.75, 3.05) is 17.6 Å². The van der Waals surface area contributed by atoms with Crippen LogP contribution in [0, 0.1) is 21.4 Å². The van der Waals surface area contributed by atoms with Gasteiger partial charge in [-0.3, -0.25) is 19.9 Å². The number of hydrogen-bond donors (Lipinski definition) is 2. The van der Waals surface area contributed by atoms with Crippen molar-refractivity contribution >= 4 is 45.8 Å². The average molecular weight is 352 g/mol. The molecule has 118 valence electrons. The number of amides is 1. The van der Waals surface area contributed by atoms with Crippen LogP contribution in [0.15, 0.2) is 35.0 Å². The van der Waals surface area contributed by atoms with E-state index in [0.29, 0.717) is 11.7 Å². The van der Waals surface area contributed by atoms with E-state index in [0.717, 1.165) is 11.8 Å². The number of anilines is 1. The zero-order valence-electron chi connectivity index (χ0n) is 11.6. The lowest BCUT2D eigenvalue weighted by Crippen LogP contribution is -2.18. The molecule has 2 N–H and O–H groups in total. The topological polar surface area (TPSA) is 120 Å². The monoisotopic (exact) mass is 351 g/mol. The zero-order chi connectivity index (χ0) is 16.8. The molecule has 1 aromatic carbocycles. The molecule has 0 radical (unpaired) electrons. The maximum absolute atomic E-state index is 12.0. The molecule has 1 heterocycles. The predicted octanol–water partition coefficient (Wildman–Crippen LogP) is 2.29. The summed E-state index contributed by atoms with van der Waals surface area (Å²) < 4.78 is 0. The van der Waals surface area contributed by atoms with Gasteiger partial charge >= 0.3 is 0 Å². The number of hydrogen-bond acceptors (Lipinski definition) is 7. The largest absolute Gasteiger partial charge is 0.340 e. The van der Waals surface area contributed by atoms with E-state index < -0.39 is 10.8 Å². The first-order valence-electron chi connectivity index (χ1n) is 6.30. The molecule has 0 aliphatic carbocycles. The number of halogens is 1. The number of nitrogens with zero attached hydrogens (tertiary/aromatic N) is 3. The number of benzene rings is 1. The standard InChI is InChI=1S/C13H10ClN5O3S/c14-10-2-1-9(5-11(10)19(21)22)18-12(20)8(6-15)7-17-13-16-3-4-23-13/h1-2,5,7H,3-4H2,(H,16,17)(H,18,20)/b8-7-. The lowest BCUT2D eigenvalue weighted by Gasteiger charge is -2.05. The quantitative estimate of drug-likeness (QED) is 0.371. The first-order valence-corrected chi connectivity index (χ1v) is 7.67. The summed E-state index contributed by atoms with van der Waals surface area (Å²) in [4.78, 5) is 26.3. The molecular weight excluding hydrogens is 342 g/mol. The second kappa shape index (κ2) is 7.62. The third kappa shape index (κ3) is 4.45. The van der Waals surface area contributed by atoms with Gasteiger partial charge in [0.15, 0.2) is 5.17 Å². The van der Waals surface area contributed by atoms with Crippen molar-refractivity contribution in [3.05, 3.63) is 45.1 Å². The Morgan fingerprint density at radius 3 is 2.96 bits per heavy atom. The van der Waals surface area contributed by atoms with Crippen molar-refractivity contribution in [1.82, 2.24) is 5.32 Å². The summed E-state index contributed by atoms with van der Waals surface area (Å²) in [6.07, 6.45) is 1.25. The molecule has 1 amide bonds.